The van der Waals surface area contributed by atoms with E-state index in [1.54, 1.807) is 6.07 Å². The number of hydrogen-bond donors (Lipinski definition) is 0. The third kappa shape index (κ3) is 2.10. The van der Waals surface area contributed by atoms with Gasteiger partial charge in [0.15, 0.2) is 0 Å². The highest BCUT2D eigenvalue weighted by atomic mass is 19.1. The number of Topliss-reactive ketones (excluding diaryl/α,β-unsaturated/α-hetero) is 1. The van der Waals surface area contributed by atoms with Gasteiger partial charge in [-0.15, -0.1) is 0 Å². The quantitative estimate of drug-likeness (QED) is 0.812. The lowest BCUT2D eigenvalue weighted by Crippen LogP contribution is -2.48. The van der Waals surface area contributed by atoms with Crippen molar-refractivity contribution in [1.29, 1.82) is 0 Å². The molecule has 0 spiro atoms. The maximum Gasteiger partial charge on any atom is 0.140 e. The van der Waals surface area contributed by atoms with E-state index in [0.717, 1.165) is 17.4 Å². The zero-order chi connectivity index (χ0) is 13.7. The van der Waals surface area contributed by atoms with Crippen LogP contribution in [0.15, 0.2) is 24.3 Å². The molecule has 0 unspecified atom stereocenters. The van der Waals surface area contributed by atoms with Crippen molar-refractivity contribution in [1.82, 2.24) is 0 Å². The fraction of sp³-hybridized carbons (Fsp3) is 0.611. The molecular weight excluding hydrogens is 251 g/mol. The smallest absolute Gasteiger partial charge is 0.140 e. The summed E-state index contributed by atoms with van der Waals surface area (Å²) in [5.41, 5.74) is 0.837. The van der Waals surface area contributed by atoms with Gasteiger partial charge in [0.05, 0.1) is 0 Å². The molecule has 0 radical (unpaired) electrons. The summed E-state index contributed by atoms with van der Waals surface area (Å²) < 4.78 is 13.2. The summed E-state index contributed by atoms with van der Waals surface area (Å²) in [4.78, 5) is 12.7. The van der Waals surface area contributed by atoms with E-state index in [9.17, 15) is 9.18 Å². The minimum atomic E-state index is -0.236. The molecule has 0 aliphatic heterocycles. The number of carbonyl (C=O) groups excluding carboxylic acids is 1. The molecule has 1 aromatic carbocycles. The summed E-state index contributed by atoms with van der Waals surface area (Å²) in [6, 6.07) is 6.52. The Morgan fingerprint density at radius 1 is 1.05 bits per heavy atom. The predicted octanol–water partition coefficient (Wildman–Crippen LogP) is 4.01. The molecule has 2 heteroatoms. The van der Waals surface area contributed by atoms with Crippen LogP contribution in [-0.4, -0.2) is 5.78 Å². The first kappa shape index (κ1) is 12.6. The first-order valence-corrected chi connectivity index (χ1v) is 7.96. The van der Waals surface area contributed by atoms with Crippen molar-refractivity contribution in [3.8, 4) is 0 Å². The summed E-state index contributed by atoms with van der Waals surface area (Å²) in [7, 11) is 0. The molecule has 0 heterocycles. The Labute approximate surface area is 119 Å². The van der Waals surface area contributed by atoms with Gasteiger partial charge in [-0.3, -0.25) is 4.79 Å². The molecule has 0 N–H and O–H groups in total. The molecule has 4 saturated carbocycles. The topological polar surface area (TPSA) is 17.1 Å². The Morgan fingerprint density at radius 2 is 1.70 bits per heavy atom. The van der Waals surface area contributed by atoms with Gasteiger partial charge in [0.1, 0.15) is 11.6 Å². The van der Waals surface area contributed by atoms with Crippen molar-refractivity contribution >= 4 is 5.78 Å². The van der Waals surface area contributed by atoms with Crippen LogP contribution in [0.1, 0.15) is 37.7 Å². The van der Waals surface area contributed by atoms with Crippen molar-refractivity contribution in [3.05, 3.63) is 35.6 Å². The molecule has 4 fully saturated rings. The van der Waals surface area contributed by atoms with E-state index in [1.807, 2.05) is 6.07 Å². The average molecular weight is 272 g/mol. The van der Waals surface area contributed by atoms with Crippen LogP contribution in [0.3, 0.4) is 0 Å². The van der Waals surface area contributed by atoms with E-state index < -0.39 is 0 Å². The fourth-order valence-corrected chi connectivity index (χ4v) is 5.42. The molecule has 1 aromatic rings. The van der Waals surface area contributed by atoms with Crippen LogP contribution in [0.4, 0.5) is 4.39 Å². The minimum Gasteiger partial charge on any atom is -0.299 e. The van der Waals surface area contributed by atoms with Gasteiger partial charge < -0.3 is 0 Å². The monoisotopic (exact) mass is 272 g/mol. The molecule has 4 bridgehead atoms. The molecule has 20 heavy (non-hydrogen) atoms. The number of hydrogen-bond acceptors (Lipinski definition) is 1. The molecule has 5 rings (SSSR count). The van der Waals surface area contributed by atoms with Gasteiger partial charge in [-0.05, 0) is 73.5 Å². The average Bonchev–Trinajstić information content (AvgIpc) is 2.37. The molecule has 106 valence electrons. The highest BCUT2D eigenvalue weighted by Crippen LogP contribution is 2.56. The SMILES string of the molecule is O=C(Cc1cccc(F)c1)C1C2CC3CC(C2)CC1C3. The van der Waals surface area contributed by atoms with Gasteiger partial charge in [0.25, 0.3) is 0 Å². The van der Waals surface area contributed by atoms with Gasteiger partial charge >= 0.3 is 0 Å². The third-order valence-electron chi connectivity index (χ3n) is 5.87. The third-order valence-corrected chi connectivity index (χ3v) is 5.87. The minimum absolute atomic E-state index is 0.236. The van der Waals surface area contributed by atoms with Crippen LogP contribution in [0.25, 0.3) is 0 Å². The van der Waals surface area contributed by atoms with Gasteiger partial charge in [0.2, 0.25) is 0 Å². The molecule has 0 aromatic heterocycles. The van der Waals surface area contributed by atoms with E-state index in [-0.39, 0.29) is 11.7 Å². The fourth-order valence-electron chi connectivity index (χ4n) is 5.42. The van der Waals surface area contributed by atoms with Crippen LogP contribution in [0.2, 0.25) is 0 Å². The molecule has 0 saturated heterocycles. The van der Waals surface area contributed by atoms with Crippen molar-refractivity contribution in [3.63, 3.8) is 0 Å². The summed E-state index contributed by atoms with van der Waals surface area (Å²) >= 11 is 0. The van der Waals surface area contributed by atoms with Gasteiger partial charge in [0, 0.05) is 12.3 Å². The summed E-state index contributed by atoms with van der Waals surface area (Å²) in [6.07, 6.45) is 6.92. The summed E-state index contributed by atoms with van der Waals surface area (Å²) in [5, 5.41) is 0. The zero-order valence-electron chi connectivity index (χ0n) is 11.7. The maximum atomic E-state index is 13.2. The van der Waals surface area contributed by atoms with Gasteiger partial charge in [-0.2, -0.15) is 0 Å². The maximum absolute atomic E-state index is 13.2. The normalized spacial score (nSPS) is 38.1. The standard InChI is InChI=1S/C18H21FO/c19-16-3-1-2-11(9-16)10-17(20)18-14-5-12-4-13(7-14)8-15(18)6-12/h1-3,9,12-15,18H,4-8,10H2. The molecule has 1 nitrogen and oxygen atoms in total. The molecule has 0 atom stereocenters. The Kier molecular flexibility index (Phi) is 2.94. The lowest BCUT2D eigenvalue weighted by atomic mass is 9.51. The number of rotatable bonds is 3. The lowest BCUT2D eigenvalue weighted by Gasteiger charge is -2.53. The van der Waals surface area contributed by atoms with Crippen molar-refractivity contribution < 1.29 is 9.18 Å². The van der Waals surface area contributed by atoms with Crippen LogP contribution >= 0.6 is 0 Å². The number of benzene rings is 1. The van der Waals surface area contributed by atoms with E-state index in [2.05, 4.69) is 0 Å². The predicted molar refractivity (Wildman–Crippen MR) is 75.6 cm³/mol. The lowest BCUT2D eigenvalue weighted by molar-refractivity contribution is -0.135. The van der Waals surface area contributed by atoms with Crippen molar-refractivity contribution in [2.75, 3.05) is 0 Å². The van der Waals surface area contributed by atoms with Crippen LogP contribution < -0.4 is 0 Å². The Hall–Kier alpha value is -1.18. The van der Waals surface area contributed by atoms with E-state index in [1.165, 1.54) is 44.2 Å². The van der Waals surface area contributed by atoms with Crippen molar-refractivity contribution in [2.24, 2.45) is 29.6 Å². The number of carbonyl (C=O) groups is 1. The van der Waals surface area contributed by atoms with E-state index in [0.29, 0.717) is 24.0 Å². The summed E-state index contributed by atoms with van der Waals surface area (Å²) in [5.74, 6) is 3.46. The van der Waals surface area contributed by atoms with Crippen LogP contribution in [0, 0.1) is 35.4 Å². The first-order valence-electron chi connectivity index (χ1n) is 7.96. The van der Waals surface area contributed by atoms with Crippen LogP contribution in [-0.2, 0) is 11.2 Å². The first-order chi connectivity index (χ1) is 9.69. The zero-order valence-corrected chi connectivity index (χ0v) is 11.7. The highest BCUT2D eigenvalue weighted by Gasteiger charge is 2.50. The Balaban J connectivity index is 1.51. The second-order valence-corrected chi connectivity index (χ2v) is 7.23. The summed E-state index contributed by atoms with van der Waals surface area (Å²) in [6.45, 7) is 0. The number of halogens is 1. The Bertz CT molecular complexity index is 508. The van der Waals surface area contributed by atoms with Crippen LogP contribution in [0.5, 0.6) is 0 Å². The molecule has 4 aliphatic rings. The second kappa shape index (κ2) is 4.68. The van der Waals surface area contributed by atoms with E-state index in [4.69, 9.17) is 0 Å². The van der Waals surface area contributed by atoms with Gasteiger partial charge in [-0.1, -0.05) is 12.1 Å². The van der Waals surface area contributed by atoms with Crippen molar-refractivity contribution in [2.45, 2.75) is 38.5 Å². The molecule has 4 aliphatic carbocycles. The second-order valence-electron chi connectivity index (χ2n) is 7.23. The Morgan fingerprint density at radius 3 is 2.30 bits per heavy atom. The largest absolute Gasteiger partial charge is 0.299 e. The highest BCUT2D eigenvalue weighted by molar-refractivity contribution is 5.84. The van der Waals surface area contributed by atoms with E-state index >= 15 is 0 Å². The molecular formula is C18H21FO. The molecule has 0 amide bonds. The number of ketones is 1. The van der Waals surface area contributed by atoms with Gasteiger partial charge in [-0.25, -0.2) is 4.39 Å².